The van der Waals surface area contributed by atoms with Crippen LogP contribution in [0.15, 0.2) is 24.3 Å². The molecule has 0 heterocycles. The average Bonchev–Trinajstić information content (AvgIpc) is 3.17. The summed E-state index contributed by atoms with van der Waals surface area (Å²) in [5.74, 6) is 4.04. The van der Waals surface area contributed by atoms with Crippen molar-refractivity contribution >= 4 is 12.4 Å². The number of nitrogens with zero attached hydrogens (tertiary/aromatic N) is 1. The van der Waals surface area contributed by atoms with Crippen LogP contribution < -0.4 is 5.32 Å². The Morgan fingerprint density at radius 2 is 2.00 bits per heavy atom. The molecule has 5 unspecified atom stereocenters. The van der Waals surface area contributed by atoms with Gasteiger partial charge in [0.05, 0.1) is 11.6 Å². The van der Waals surface area contributed by atoms with E-state index < -0.39 is 0 Å². The van der Waals surface area contributed by atoms with Gasteiger partial charge in [0.2, 0.25) is 0 Å². The number of hydrogen-bond acceptors (Lipinski definition) is 2. The van der Waals surface area contributed by atoms with Crippen LogP contribution in [0, 0.1) is 35.0 Å². The molecule has 21 heavy (non-hydrogen) atoms. The zero-order valence-electron chi connectivity index (χ0n) is 12.3. The minimum Gasteiger partial charge on any atom is -0.310 e. The Hall–Kier alpha value is -1.04. The predicted molar refractivity (Wildman–Crippen MR) is 86.1 cm³/mol. The van der Waals surface area contributed by atoms with Crippen LogP contribution in [0.3, 0.4) is 0 Å². The minimum absolute atomic E-state index is 0. The van der Waals surface area contributed by atoms with E-state index >= 15 is 0 Å². The molecule has 5 atom stereocenters. The normalized spacial score (nSPS) is 36.0. The van der Waals surface area contributed by atoms with E-state index in [0.717, 1.165) is 41.8 Å². The standard InChI is InChI=1S/C18H22N2.ClH/c19-10-12-3-1-4-13(7-12)11-20-18-9-14-8-17(18)16-6-2-5-15(14)16;/h1,3-4,7,14-18,20H,2,5-6,8-9,11H2;1H. The van der Waals surface area contributed by atoms with Crippen molar-refractivity contribution in [3.63, 3.8) is 0 Å². The van der Waals surface area contributed by atoms with Crippen molar-refractivity contribution in [3.05, 3.63) is 35.4 Å². The number of rotatable bonds is 3. The van der Waals surface area contributed by atoms with Crippen LogP contribution in [-0.2, 0) is 6.54 Å². The molecule has 2 bridgehead atoms. The Labute approximate surface area is 133 Å². The Morgan fingerprint density at radius 3 is 2.86 bits per heavy atom. The van der Waals surface area contributed by atoms with Crippen LogP contribution in [-0.4, -0.2) is 6.04 Å². The van der Waals surface area contributed by atoms with Gasteiger partial charge in [-0.2, -0.15) is 5.26 Å². The van der Waals surface area contributed by atoms with Gasteiger partial charge in [0, 0.05) is 12.6 Å². The van der Waals surface area contributed by atoms with Gasteiger partial charge in [-0.3, -0.25) is 0 Å². The summed E-state index contributed by atoms with van der Waals surface area (Å²) >= 11 is 0. The summed E-state index contributed by atoms with van der Waals surface area (Å²) in [6.45, 7) is 0.917. The lowest BCUT2D eigenvalue weighted by Gasteiger charge is -2.32. The van der Waals surface area contributed by atoms with E-state index in [1.807, 2.05) is 18.2 Å². The quantitative estimate of drug-likeness (QED) is 0.919. The maximum absolute atomic E-state index is 8.96. The highest BCUT2D eigenvalue weighted by atomic mass is 35.5. The van der Waals surface area contributed by atoms with E-state index in [1.165, 1.54) is 37.7 Å². The first kappa shape index (κ1) is 14.9. The average molecular weight is 303 g/mol. The number of fused-ring (bicyclic) bond motifs is 5. The van der Waals surface area contributed by atoms with E-state index in [4.69, 9.17) is 5.26 Å². The molecule has 0 aromatic heterocycles. The van der Waals surface area contributed by atoms with Gasteiger partial charge in [0.25, 0.3) is 0 Å². The first-order valence-electron chi connectivity index (χ1n) is 8.07. The molecule has 0 amide bonds. The van der Waals surface area contributed by atoms with Crippen LogP contribution in [0.4, 0.5) is 0 Å². The Balaban J connectivity index is 0.00000132. The first-order valence-corrected chi connectivity index (χ1v) is 8.07. The van der Waals surface area contributed by atoms with Crippen molar-refractivity contribution in [1.82, 2.24) is 5.32 Å². The summed E-state index contributed by atoms with van der Waals surface area (Å²) in [6.07, 6.45) is 7.32. The van der Waals surface area contributed by atoms with Crippen LogP contribution in [0.5, 0.6) is 0 Å². The fourth-order valence-corrected chi connectivity index (χ4v) is 5.30. The molecule has 1 N–H and O–H groups in total. The molecule has 0 spiro atoms. The molecule has 3 aliphatic rings. The van der Waals surface area contributed by atoms with Gasteiger partial charge in [0.15, 0.2) is 0 Å². The van der Waals surface area contributed by atoms with Gasteiger partial charge in [-0.1, -0.05) is 18.6 Å². The Morgan fingerprint density at radius 1 is 1.14 bits per heavy atom. The zero-order valence-corrected chi connectivity index (χ0v) is 13.1. The molecule has 1 aromatic carbocycles. The van der Waals surface area contributed by atoms with E-state index in [0.29, 0.717) is 0 Å². The van der Waals surface area contributed by atoms with Crippen molar-refractivity contribution in [2.24, 2.45) is 23.7 Å². The largest absolute Gasteiger partial charge is 0.310 e. The van der Waals surface area contributed by atoms with Crippen molar-refractivity contribution in [1.29, 1.82) is 5.26 Å². The van der Waals surface area contributed by atoms with Gasteiger partial charge < -0.3 is 5.32 Å². The number of nitrogens with one attached hydrogen (secondary N) is 1. The van der Waals surface area contributed by atoms with Crippen molar-refractivity contribution < 1.29 is 0 Å². The molecule has 2 nitrogen and oxygen atoms in total. The summed E-state index contributed by atoms with van der Waals surface area (Å²) in [5.41, 5.74) is 2.02. The van der Waals surface area contributed by atoms with Gasteiger partial charge in [0.1, 0.15) is 0 Å². The maximum atomic E-state index is 8.96. The fourth-order valence-electron chi connectivity index (χ4n) is 5.30. The first-order chi connectivity index (χ1) is 9.85. The molecule has 3 fully saturated rings. The lowest BCUT2D eigenvalue weighted by atomic mass is 9.79. The molecule has 3 saturated carbocycles. The van der Waals surface area contributed by atoms with Gasteiger partial charge in [-0.25, -0.2) is 0 Å². The van der Waals surface area contributed by atoms with E-state index in [1.54, 1.807) is 0 Å². The van der Waals surface area contributed by atoms with Crippen LogP contribution in [0.1, 0.15) is 43.2 Å². The molecule has 4 rings (SSSR count). The second kappa shape index (κ2) is 5.99. The third-order valence-corrected chi connectivity index (χ3v) is 6.05. The minimum atomic E-state index is 0. The number of benzene rings is 1. The van der Waals surface area contributed by atoms with Gasteiger partial charge >= 0.3 is 0 Å². The molecule has 3 heteroatoms. The van der Waals surface area contributed by atoms with Crippen LogP contribution in [0.2, 0.25) is 0 Å². The number of nitriles is 1. The molecule has 1 aromatic rings. The second-order valence-electron chi connectivity index (χ2n) is 6.95. The van der Waals surface area contributed by atoms with Crippen molar-refractivity contribution in [3.8, 4) is 6.07 Å². The molecule has 0 radical (unpaired) electrons. The lowest BCUT2D eigenvalue weighted by molar-refractivity contribution is 0.208. The molecule has 0 aliphatic heterocycles. The summed E-state index contributed by atoms with van der Waals surface area (Å²) < 4.78 is 0. The SMILES string of the molecule is Cl.N#Cc1cccc(CNC2CC3CC2C2CCCC32)c1. The third kappa shape index (κ3) is 2.58. The summed E-state index contributed by atoms with van der Waals surface area (Å²) in [6, 6.07) is 11.0. The second-order valence-corrected chi connectivity index (χ2v) is 6.95. The van der Waals surface area contributed by atoms with Gasteiger partial charge in [-0.15, -0.1) is 12.4 Å². The fraction of sp³-hybridized carbons (Fsp3) is 0.611. The van der Waals surface area contributed by atoms with Crippen molar-refractivity contribution in [2.45, 2.75) is 44.7 Å². The number of halogens is 1. The molecule has 0 saturated heterocycles. The van der Waals surface area contributed by atoms with Crippen molar-refractivity contribution in [2.75, 3.05) is 0 Å². The van der Waals surface area contributed by atoms with Crippen LogP contribution in [0.25, 0.3) is 0 Å². The molecular weight excluding hydrogens is 280 g/mol. The van der Waals surface area contributed by atoms with Crippen LogP contribution >= 0.6 is 12.4 Å². The lowest BCUT2D eigenvalue weighted by Crippen LogP contribution is -2.38. The zero-order chi connectivity index (χ0) is 13.5. The van der Waals surface area contributed by atoms with E-state index in [2.05, 4.69) is 17.5 Å². The smallest absolute Gasteiger partial charge is 0.0991 e. The Kier molecular flexibility index (Phi) is 4.24. The molecule has 3 aliphatic carbocycles. The summed E-state index contributed by atoms with van der Waals surface area (Å²) in [4.78, 5) is 0. The summed E-state index contributed by atoms with van der Waals surface area (Å²) in [5, 5.41) is 12.7. The summed E-state index contributed by atoms with van der Waals surface area (Å²) in [7, 11) is 0. The highest BCUT2D eigenvalue weighted by Crippen LogP contribution is 2.58. The predicted octanol–water partition coefficient (Wildman–Crippen LogP) is 3.89. The maximum Gasteiger partial charge on any atom is 0.0991 e. The highest BCUT2D eigenvalue weighted by molar-refractivity contribution is 5.85. The number of hydrogen-bond donors (Lipinski definition) is 1. The van der Waals surface area contributed by atoms with Gasteiger partial charge in [-0.05, 0) is 67.1 Å². The van der Waals surface area contributed by atoms with E-state index in [-0.39, 0.29) is 12.4 Å². The topological polar surface area (TPSA) is 35.8 Å². The van der Waals surface area contributed by atoms with E-state index in [9.17, 15) is 0 Å². The highest BCUT2D eigenvalue weighted by Gasteiger charge is 2.53. The Bertz CT molecular complexity index is 550. The molecular formula is C18H23ClN2. The third-order valence-electron chi connectivity index (χ3n) is 6.05. The monoisotopic (exact) mass is 302 g/mol. The molecule has 112 valence electrons.